The van der Waals surface area contributed by atoms with E-state index in [0.29, 0.717) is 6.04 Å². The highest BCUT2D eigenvalue weighted by molar-refractivity contribution is 5.85. The van der Waals surface area contributed by atoms with Crippen LogP contribution in [0.5, 0.6) is 5.75 Å². The minimum Gasteiger partial charge on any atom is -0.484 e. The maximum absolute atomic E-state index is 12.2. The third kappa shape index (κ3) is 4.12. The zero-order chi connectivity index (χ0) is 13.8. The molecule has 1 aromatic rings. The Morgan fingerprint density at radius 1 is 1.45 bits per heavy atom. The van der Waals surface area contributed by atoms with Gasteiger partial charge in [0.05, 0.1) is 0 Å². The number of hydrogen-bond donors (Lipinski definition) is 1. The zero-order valence-electron chi connectivity index (χ0n) is 12.3. The molecule has 4 nitrogen and oxygen atoms in total. The number of amides is 1. The third-order valence-corrected chi connectivity index (χ3v) is 3.71. The molecule has 2 unspecified atom stereocenters. The third-order valence-electron chi connectivity index (χ3n) is 3.71. The molecule has 2 rings (SSSR count). The van der Waals surface area contributed by atoms with Crippen molar-refractivity contribution >= 4 is 18.3 Å². The number of nitrogens with one attached hydrogen (secondary N) is 1. The summed E-state index contributed by atoms with van der Waals surface area (Å²) < 4.78 is 5.57. The van der Waals surface area contributed by atoms with E-state index in [1.807, 2.05) is 36.1 Å². The van der Waals surface area contributed by atoms with Crippen LogP contribution < -0.4 is 10.1 Å². The predicted molar refractivity (Wildman–Crippen MR) is 82.6 cm³/mol. The fraction of sp³-hybridized carbons (Fsp3) is 0.533. The molecular weight excluding hydrogens is 276 g/mol. The fourth-order valence-corrected chi connectivity index (χ4v) is 2.34. The number of halogens is 1. The number of benzene rings is 1. The van der Waals surface area contributed by atoms with Gasteiger partial charge in [0.1, 0.15) is 5.75 Å². The Bertz CT molecular complexity index is 453. The molecule has 2 atom stereocenters. The van der Waals surface area contributed by atoms with Gasteiger partial charge < -0.3 is 15.0 Å². The smallest absolute Gasteiger partial charge is 0.260 e. The first-order valence-electron chi connectivity index (χ1n) is 6.80. The molecular formula is C15H23ClN2O2. The van der Waals surface area contributed by atoms with Crippen LogP contribution in [0.3, 0.4) is 0 Å². The lowest BCUT2D eigenvalue weighted by molar-refractivity contribution is -0.137. The quantitative estimate of drug-likeness (QED) is 0.928. The van der Waals surface area contributed by atoms with Gasteiger partial charge in [0.25, 0.3) is 5.91 Å². The van der Waals surface area contributed by atoms with Gasteiger partial charge in [0.15, 0.2) is 6.61 Å². The summed E-state index contributed by atoms with van der Waals surface area (Å²) in [5, 5.41) is 3.36. The van der Waals surface area contributed by atoms with Crippen LogP contribution in [0.15, 0.2) is 24.3 Å². The molecule has 1 heterocycles. The van der Waals surface area contributed by atoms with Crippen LogP contribution in [0, 0.1) is 6.92 Å². The van der Waals surface area contributed by atoms with E-state index in [1.54, 1.807) is 0 Å². The lowest BCUT2D eigenvalue weighted by Crippen LogP contribution is -2.58. The first-order valence-corrected chi connectivity index (χ1v) is 6.80. The van der Waals surface area contributed by atoms with Gasteiger partial charge in [0.2, 0.25) is 0 Å². The van der Waals surface area contributed by atoms with E-state index in [4.69, 9.17) is 4.74 Å². The fourth-order valence-electron chi connectivity index (χ4n) is 2.34. The molecule has 1 N–H and O–H groups in total. The molecule has 20 heavy (non-hydrogen) atoms. The zero-order valence-corrected chi connectivity index (χ0v) is 13.1. The average Bonchev–Trinajstić information content (AvgIpc) is 2.39. The van der Waals surface area contributed by atoms with E-state index < -0.39 is 0 Å². The number of carbonyl (C=O) groups is 1. The Labute approximate surface area is 126 Å². The Kier molecular flexibility index (Phi) is 6.30. The summed E-state index contributed by atoms with van der Waals surface area (Å²) in [4.78, 5) is 14.1. The number of nitrogens with zero attached hydrogens (tertiary/aromatic N) is 1. The van der Waals surface area contributed by atoms with Crippen molar-refractivity contribution in [3.05, 3.63) is 29.8 Å². The highest BCUT2D eigenvalue weighted by atomic mass is 35.5. The predicted octanol–water partition coefficient (Wildman–Crippen LogP) is 2.00. The SMILES string of the molecule is Cc1cccc(OCC(=O)N2CCNC(C)C2C)c1.Cl. The van der Waals surface area contributed by atoms with Gasteiger partial charge in [-0.1, -0.05) is 12.1 Å². The van der Waals surface area contributed by atoms with Crippen molar-refractivity contribution < 1.29 is 9.53 Å². The van der Waals surface area contributed by atoms with Crippen LogP contribution in [0.4, 0.5) is 0 Å². The number of rotatable bonds is 3. The van der Waals surface area contributed by atoms with E-state index in [-0.39, 0.29) is 31.0 Å². The molecule has 1 aromatic carbocycles. The number of hydrogen-bond acceptors (Lipinski definition) is 3. The minimum absolute atomic E-state index is 0. The summed E-state index contributed by atoms with van der Waals surface area (Å²) in [5.41, 5.74) is 1.13. The van der Waals surface area contributed by atoms with E-state index in [1.165, 1.54) is 0 Å². The van der Waals surface area contributed by atoms with Crippen molar-refractivity contribution in [2.24, 2.45) is 0 Å². The second kappa shape index (κ2) is 7.50. The molecule has 0 aliphatic carbocycles. The number of aryl methyl sites for hydroxylation is 1. The Morgan fingerprint density at radius 3 is 2.90 bits per heavy atom. The molecule has 112 valence electrons. The Balaban J connectivity index is 0.00000200. The van der Waals surface area contributed by atoms with Crippen LogP contribution in [0.25, 0.3) is 0 Å². The Hall–Kier alpha value is -1.26. The average molecular weight is 299 g/mol. The summed E-state index contributed by atoms with van der Waals surface area (Å²) in [6.45, 7) is 7.89. The van der Waals surface area contributed by atoms with Crippen molar-refractivity contribution in [3.63, 3.8) is 0 Å². The maximum atomic E-state index is 12.2. The summed E-state index contributed by atoms with van der Waals surface area (Å²) in [5.74, 6) is 0.812. The highest BCUT2D eigenvalue weighted by Gasteiger charge is 2.28. The van der Waals surface area contributed by atoms with Gasteiger partial charge in [-0.3, -0.25) is 4.79 Å². The molecule has 0 saturated carbocycles. The largest absolute Gasteiger partial charge is 0.484 e. The van der Waals surface area contributed by atoms with Crippen molar-refractivity contribution in [2.75, 3.05) is 19.7 Å². The van der Waals surface area contributed by atoms with Crippen LogP contribution in [0.2, 0.25) is 0 Å². The van der Waals surface area contributed by atoms with Crippen LogP contribution >= 0.6 is 12.4 Å². The maximum Gasteiger partial charge on any atom is 0.260 e. The minimum atomic E-state index is 0. The summed E-state index contributed by atoms with van der Waals surface area (Å²) in [6, 6.07) is 8.31. The van der Waals surface area contributed by atoms with E-state index in [9.17, 15) is 4.79 Å². The molecule has 1 aliphatic heterocycles. The highest BCUT2D eigenvalue weighted by Crippen LogP contribution is 2.14. The van der Waals surface area contributed by atoms with E-state index in [2.05, 4.69) is 19.2 Å². The molecule has 0 aromatic heterocycles. The van der Waals surface area contributed by atoms with Gasteiger partial charge in [-0.25, -0.2) is 0 Å². The summed E-state index contributed by atoms with van der Waals surface area (Å²) in [6.07, 6.45) is 0. The van der Waals surface area contributed by atoms with Gasteiger partial charge in [-0.2, -0.15) is 0 Å². The lowest BCUT2D eigenvalue weighted by atomic mass is 10.1. The standard InChI is InChI=1S/C15H22N2O2.ClH/c1-11-5-4-6-14(9-11)19-10-15(18)17-8-7-16-12(2)13(17)3;/h4-6,9,12-13,16H,7-8,10H2,1-3H3;1H. The van der Waals surface area contributed by atoms with Gasteiger partial charge in [-0.15, -0.1) is 12.4 Å². The number of ether oxygens (including phenoxy) is 1. The molecule has 5 heteroatoms. The molecule has 1 fully saturated rings. The van der Waals surface area contributed by atoms with Crippen molar-refractivity contribution in [2.45, 2.75) is 32.9 Å². The normalized spacial score (nSPS) is 22.1. The molecule has 0 spiro atoms. The van der Waals surface area contributed by atoms with Crippen LogP contribution in [0.1, 0.15) is 19.4 Å². The van der Waals surface area contributed by atoms with Crippen LogP contribution in [-0.4, -0.2) is 42.6 Å². The number of carbonyl (C=O) groups excluding carboxylic acids is 1. The van der Waals surface area contributed by atoms with E-state index >= 15 is 0 Å². The summed E-state index contributed by atoms with van der Waals surface area (Å²) in [7, 11) is 0. The summed E-state index contributed by atoms with van der Waals surface area (Å²) >= 11 is 0. The molecule has 1 aliphatic rings. The van der Waals surface area contributed by atoms with Crippen molar-refractivity contribution in [1.82, 2.24) is 10.2 Å². The first-order chi connectivity index (χ1) is 9.08. The lowest BCUT2D eigenvalue weighted by Gasteiger charge is -2.38. The topological polar surface area (TPSA) is 41.6 Å². The first kappa shape index (κ1) is 16.8. The molecule has 0 radical (unpaired) electrons. The molecule has 1 saturated heterocycles. The van der Waals surface area contributed by atoms with Gasteiger partial charge in [-0.05, 0) is 38.5 Å². The number of piperazine rings is 1. The monoisotopic (exact) mass is 298 g/mol. The van der Waals surface area contributed by atoms with Crippen molar-refractivity contribution in [3.8, 4) is 5.75 Å². The second-order valence-electron chi connectivity index (χ2n) is 5.18. The van der Waals surface area contributed by atoms with Gasteiger partial charge in [0, 0.05) is 25.2 Å². The second-order valence-corrected chi connectivity index (χ2v) is 5.18. The molecule has 1 amide bonds. The van der Waals surface area contributed by atoms with Gasteiger partial charge >= 0.3 is 0 Å². The van der Waals surface area contributed by atoms with Crippen LogP contribution in [-0.2, 0) is 4.79 Å². The Morgan fingerprint density at radius 2 is 2.20 bits per heavy atom. The molecule has 0 bridgehead atoms. The van der Waals surface area contributed by atoms with Crippen molar-refractivity contribution in [1.29, 1.82) is 0 Å². The van der Waals surface area contributed by atoms with E-state index in [0.717, 1.165) is 24.4 Å².